The summed E-state index contributed by atoms with van der Waals surface area (Å²) < 4.78 is 32.6. The van der Waals surface area contributed by atoms with Crippen molar-refractivity contribution in [3.05, 3.63) is 16.3 Å². The lowest BCUT2D eigenvalue weighted by Crippen LogP contribution is -2.39. The molecular weight excluding hydrogens is 296 g/mol. The van der Waals surface area contributed by atoms with E-state index in [0.29, 0.717) is 31.2 Å². The highest BCUT2D eigenvalue weighted by atomic mass is 32.2. The van der Waals surface area contributed by atoms with Gasteiger partial charge in [-0.05, 0) is 31.4 Å². The fraction of sp³-hybridized carbons (Fsp3) is 0.692. The first-order valence-corrected chi connectivity index (χ1v) is 9.11. The maximum absolute atomic E-state index is 12.3. The molecule has 0 radical (unpaired) electrons. The van der Waals surface area contributed by atoms with Crippen LogP contribution in [-0.2, 0) is 21.3 Å². The molecule has 1 aliphatic rings. The molecule has 0 amide bonds. The second-order valence-corrected chi connectivity index (χ2v) is 8.29. The molecule has 0 aromatic carbocycles. The van der Waals surface area contributed by atoms with Crippen LogP contribution in [0, 0.1) is 5.41 Å². The number of rotatable bonds is 6. The van der Waals surface area contributed by atoms with Gasteiger partial charge in [-0.2, -0.15) is 0 Å². The van der Waals surface area contributed by atoms with E-state index >= 15 is 0 Å². The molecule has 1 saturated heterocycles. The normalized spacial score (nSPS) is 19.1. The molecule has 7 heteroatoms. The zero-order valence-corrected chi connectivity index (χ0v) is 13.6. The molecule has 0 spiro atoms. The highest BCUT2D eigenvalue weighted by Gasteiger charge is 2.29. The van der Waals surface area contributed by atoms with Crippen LogP contribution >= 0.6 is 11.3 Å². The largest absolute Gasteiger partial charge is 0.381 e. The Hall–Kier alpha value is -0.470. The first kappa shape index (κ1) is 15.9. The molecule has 2 N–H and O–H groups in total. The smallest absolute Gasteiger partial charge is 0.241 e. The fourth-order valence-electron chi connectivity index (χ4n) is 2.16. The van der Waals surface area contributed by atoms with Gasteiger partial charge in [-0.15, -0.1) is 11.3 Å². The van der Waals surface area contributed by atoms with Gasteiger partial charge in [-0.25, -0.2) is 13.1 Å². The van der Waals surface area contributed by atoms with Crippen LogP contribution in [0.25, 0.3) is 0 Å². The minimum atomic E-state index is -3.40. The van der Waals surface area contributed by atoms with Crippen LogP contribution in [0.3, 0.4) is 0 Å². The number of nitrogens with one attached hydrogen (secondary N) is 2. The van der Waals surface area contributed by atoms with E-state index in [1.807, 2.05) is 7.05 Å². The van der Waals surface area contributed by atoms with Gasteiger partial charge < -0.3 is 10.1 Å². The predicted molar refractivity (Wildman–Crippen MR) is 80.4 cm³/mol. The Kier molecular flexibility index (Phi) is 5.19. The van der Waals surface area contributed by atoms with E-state index in [4.69, 9.17) is 4.74 Å². The molecule has 0 unspecified atom stereocenters. The van der Waals surface area contributed by atoms with Crippen LogP contribution in [0.4, 0.5) is 0 Å². The molecule has 1 aromatic rings. The van der Waals surface area contributed by atoms with Crippen LogP contribution in [0.15, 0.2) is 16.3 Å². The van der Waals surface area contributed by atoms with Crippen molar-refractivity contribution in [3.8, 4) is 0 Å². The quantitative estimate of drug-likeness (QED) is 0.835. The van der Waals surface area contributed by atoms with Crippen LogP contribution in [0.5, 0.6) is 0 Å². The highest BCUT2D eigenvalue weighted by Crippen LogP contribution is 2.29. The molecule has 2 heterocycles. The zero-order valence-electron chi connectivity index (χ0n) is 11.9. The van der Waals surface area contributed by atoms with Gasteiger partial charge in [0.15, 0.2) is 0 Å². The number of hydrogen-bond acceptors (Lipinski definition) is 5. The van der Waals surface area contributed by atoms with Gasteiger partial charge in [0.1, 0.15) is 0 Å². The Bertz CT molecular complexity index is 534. The number of hydrogen-bond donors (Lipinski definition) is 2. The van der Waals surface area contributed by atoms with Gasteiger partial charge in [0, 0.05) is 36.6 Å². The summed E-state index contributed by atoms with van der Waals surface area (Å²) in [7, 11) is -1.56. The van der Waals surface area contributed by atoms with Gasteiger partial charge in [-0.3, -0.25) is 0 Å². The summed E-state index contributed by atoms with van der Waals surface area (Å²) in [6.07, 6.45) is 1.79. The topological polar surface area (TPSA) is 67.4 Å². The Morgan fingerprint density at radius 2 is 2.10 bits per heavy atom. The Morgan fingerprint density at radius 1 is 1.40 bits per heavy atom. The summed E-state index contributed by atoms with van der Waals surface area (Å²) in [5, 5.41) is 4.72. The van der Waals surface area contributed by atoms with Gasteiger partial charge in [0.2, 0.25) is 10.0 Å². The fourth-order valence-corrected chi connectivity index (χ4v) is 4.65. The van der Waals surface area contributed by atoms with Gasteiger partial charge in [-0.1, -0.05) is 6.92 Å². The molecule has 1 aromatic heterocycles. The highest BCUT2D eigenvalue weighted by molar-refractivity contribution is 7.89. The van der Waals surface area contributed by atoms with Crippen molar-refractivity contribution in [1.82, 2.24) is 10.0 Å². The summed E-state index contributed by atoms with van der Waals surface area (Å²) in [5.41, 5.74) is -0.00482. The van der Waals surface area contributed by atoms with Crippen LogP contribution in [-0.4, -0.2) is 35.2 Å². The lowest BCUT2D eigenvalue weighted by atomic mass is 9.83. The van der Waals surface area contributed by atoms with Crippen LogP contribution in [0.2, 0.25) is 0 Å². The van der Waals surface area contributed by atoms with E-state index in [-0.39, 0.29) is 5.41 Å². The van der Waals surface area contributed by atoms with Gasteiger partial charge in [0.25, 0.3) is 0 Å². The molecular formula is C13H22N2O3S2. The SMILES string of the molecule is CNCc1cc(S(=O)(=O)NCC2(C)CCOCC2)cs1. The molecule has 0 bridgehead atoms. The van der Waals surface area contributed by atoms with Gasteiger partial charge in [0.05, 0.1) is 4.90 Å². The lowest BCUT2D eigenvalue weighted by molar-refractivity contribution is 0.0265. The minimum absolute atomic E-state index is 0.00482. The summed E-state index contributed by atoms with van der Waals surface area (Å²) in [6, 6.07) is 1.73. The minimum Gasteiger partial charge on any atom is -0.381 e. The third kappa shape index (κ3) is 4.02. The lowest BCUT2D eigenvalue weighted by Gasteiger charge is -2.33. The predicted octanol–water partition coefficient (Wildman–Crippen LogP) is 1.56. The number of thiophene rings is 1. The van der Waals surface area contributed by atoms with E-state index in [9.17, 15) is 8.42 Å². The first-order valence-electron chi connectivity index (χ1n) is 6.75. The van der Waals surface area contributed by atoms with E-state index < -0.39 is 10.0 Å². The third-order valence-electron chi connectivity index (χ3n) is 3.68. The maximum Gasteiger partial charge on any atom is 0.241 e. The molecule has 20 heavy (non-hydrogen) atoms. The van der Waals surface area contributed by atoms with Gasteiger partial charge >= 0.3 is 0 Å². The van der Waals surface area contributed by atoms with Crippen LogP contribution in [0.1, 0.15) is 24.6 Å². The molecule has 1 fully saturated rings. The Balaban J connectivity index is 1.99. The number of ether oxygens (including phenoxy) is 1. The van der Waals surface area contributed by atoms with Crippen molar-refractivity contribution in [2.45, 2.75) is 31.2 Å². The average molecular weight is 318 g/mol. The van der Waals surface area contributed by atoms with Crippen molar-refractivity contribution < 1.29 is 13.2 Å². The second-order valence-electron chi connectivity index (χ2n) is 5.53. The van der Waals surface area contributed by atoms with E-state index in [0.717, 1.165) is 17.7 Å². The molecule has 0 aliphatic carbocycles. The summed E-state index contributed by atoms with van der Waals surface area (Å²) in [4.78, 5) is 1.38. The molecule has 1 aliphatic heterocycles. The summed E-state index contributed by atoms with van der Waals surface area (Å²) >= 11 is 1.46. The second kappa shape index (κ2) is 6.53. The summed E-state index contributed by atoms with van der Waals surface area (Å²) in [6.45, 7) is 4.69. The first-order chi connectivity index (χ1) is 9.45. The average Bonchev–Trinajstić information content (AvgIpc) is 2.88. The standard InChI is InChI=1S/C13H22N2O3S2/c1-13(3-5-18-6-4-13)10-15-20(16,17)12-7-11(8-14-2)19-9-12/h7,9,14-15H,3-6,8,10H2,1-2H3. The van der Waals surface area contributed by atoms with Crippen molar-refractivity contribution >= 4 is 21.4 Å². The van der Waals surface area contributed by atoms with Crippen molar-refractivity contribution in [2.75, 3.05) is 26.8 Å². The Morgan fingerprint density at radius 3 is 2.75 bits per heavy atom. The molecule has 0 atom stereocenters. The molecule has 114 valence electrons. The maximum atomic E-state index is 12.3. The van der Waals surface area contributed by atoms with E-state index in [1.54, 1.807) is 11.4 Å². The molecule has 0 saturated carbocycles. The monoisotopic (exact) mass is 318 g/mol. The van der Waals surface area contributed by atoms with E-state index in [2.05, 4.69) is 17.0 Å². The zero-order chi connectivity index (χ0) is 14.6. The molecule has 5 nitrogen and oxygen atoms in total. The van der Waals surface area contributed by atoms with E-state index in [1.165, 1.54) is 11.3 Å². The molecule has 2 rings (SSSR count). The summed E-state index contributed by atoms with van der Waals surface area (Å²) in [5.74, 6) is 0. The Labute approximate surface area is 124 Å². The van der Waals surface area contributed by atoms with Crippen molar-refractivity contribution in [1.29, 1.82) is 0 Å². The van der Waals surface area contributed by atoms with Crippen molar-refractivity contribution in [3.63, 3.8) is 0 Å². The number of sulfonamides is 1. The van der Waals surface area contributed by atoms with Crippen LogP contribution < -0.4 is 10.0 Å². The van der Waals surface area contributed by atoms with Crippen molar-refractivity contribution in [2.24, 2.45) is 5.41 Å². The third-order valence-corrected chi connectivity index (χ3v) is 6.15.